The van der Waals surface area contributed by atoms with E-state index in [2.05, 4.69) is 57.2 Å². The van der Waals surface area contributed by atoms with Crippen molar-refractivity contribution in [1.82, 2.24) is 15.6 Å². The summed E-state index contributed by atoms with van der Waals surface area (Å²) in [5.74, 6) is 0.778. The molecule has 2 rings (SSSR count). The zero-order chi connectivity index (χ0) is 15.9. The van der Waals surface area contributed by atoms with Gasteiger partial charge in [-0.05, 0) is 12.5 Å². The van der Waals surface area contributed by atoms with E-state index in [9.17, 15) is 0 Å². The number of benzene rings is 1. The lowest BCUT2D eigenvalue weighted by Gasteiger charge is -2.11. The zero-order valence-electron chi connectivity index (χ0n) is 14.0. The van der Waals surface area contributed by atoms with Crippen LogP contribution in [0.2, 0.25) is 0 Å². The highest BCUT2D eigenvalue weighted by Crippen LogP contribution is 2.17. The smallest absolute Gasteiger partial charge is 0.191 e. The van der Waals surface area contributed by atoms with Crippen molar-refractivity contribution < 1.29 is 0 Å². The second-order valence-corrected chi connectivity index (χ2v) is 6.12. The second kappa shape index (κ2) is 9.71. The summed E-state index contributed by atoms with van der Waals surface area (Å²) in [7, 11) is 5.77. The van der Waals surface area contributed by atoms with Gasteiger partial charge in [0.05, 0.1) is 12.2 Å². The van der Waals surface area contributed by atoms with Crippen LogP contribution in [0.4, 0.5) is 5.13 Å². The lowest BCUT2D eigenvalue weighted by Crippen LogP contribution is -2.36. The Hall–Kier alpha value is -1.35. The summed E-state index contributed by atoms with van der Waals surface area (Å²) in [5, 5.41) is 9.67. The molecule has 0 atom stereocenters. The van der Waals surface area contributed by atoms with Crippen molar-refractivity contribution in [2.75, 3.05) is 26.0 Å². The van der Waals surface area contributed by atoms with Crippen molar-refractivity contribution in [3.63, 3.8) is 0 Å². The van der Waals surface area contributed by atoms with Crippen LogP contribution in [-0.2, 0) is 13.1 Å². The van der Waals surface area contributed by atoms with Crippen molar-refractivity contribution in [2.45, 2.75) is 20.0 Å². The highest BCUT2D eigenvalue weighted by molar-refractivity contribution is 14.0. The van der Waals surface area contributed by atoms with Gasteiger partial charge < -0.3 is 15.5 Å². The molecule has 0 aliphatic rings. The number of halogens is 1. The third kappa shape index (κ3) is 6.34. The summed E-state index contributed by atoms with van der Waals surface area (Å²) in [6, 6.07) is 8.48. The normalized spacial score (nSPS) is 10.9. The van der Waals surface area contributed by atoms with Gasteiger partial charge >= 0.3 is 0 Å². The summed E-state index contributed by atoms with van der Waals surface area (Å²) < 4.78 is 0. The SMILES string of the molecule is CN=C(NCc1ccc(C)cc1)NCc1csc(N(C)C)n1.I. The lowest BCUT2D eigenvalue weighted by atomic mass is 10.1. The molecule has 0 radical (unpaired) electrons. The molecule has 0 aliphatic heterocycles. The van der Waals surface area contributed by atoms with Crippen LogP contribution in [0.15, 0.2) is 34.6 Å². The van der Waals surface area contributed by atoms with E-state index >= 15 is 0 Å². The quantitative estimate of drug-likeness (QED) is 0.422. The Morgan fingerprint density at radius 3 is 2.39 bits per heavy atom. The molecule has 0 spiro atoms. The van der Waals surface area contributed by atoms with Crippen molar-refractivity contribution in [3.05, 3.63) is 46.5 Å². The maximum Gasteiger partial charge on any atom is 0.191 e. The Labute approximate surface area is 159 Å². The van der Waals surface area contributed by atoms with E-state index in [0.29, 0.717) is 6.54 Å². The van der Waals surface area contributed by atoms with Gasteiger partial charge in [-0.15, -0.1) is 35.3 Å². The molecule has 0 aliphatic carbocycles. The number of anilines is 1. The number of rotatable bonds is 5. The first kappa shape index (κ1) is 19.7. The molecular formula is C16H24IN5S. The number of nitrogens with zero attached hydrogens (tertiary/aromatic N) is 3. The lowest BCUT2D eigenvalue weighted by molar-refractivity contribution is 0.797. The van der Waals surface area contributed by atoms with E-state index in [0.717, 1.165) is 23.3 Å². The molecule has 1 aromatic carbocycles. The van der Waals surface area contributed by atoms with E-state index in [1.54, 1.807) is 18.4 Å². The largest absolute Gasteiger partial charge is 0.354 e. The molecule has 0 bridgehead atoms. The Balaban J connectivity index is 0.00000264. The minimum atomic E-state index is 0. The van der Waals surface area contributed by atoms with Gasteiger partial charge in [0.25, 0.3) is 0 Å². The fraction of sp³-hybridized carbons (Fsp3) is 0.375. The Kier molecular flexibility index (Phi) is 8.32. The van der Waals surface area contributed by atoms with Crippen molar-refractivity contribution in [1.29, 1.82) is 0 Å². The predicted molar refractivity (Wildman–Crippen MR) is 110 cm³/mol. The molecule has 0 saturated carbocycles. The molecular weight excluding hydrogens is 421 g/mol. The summed E-state index contributed by atoms with van der Waals surface area (Å²) in [6.07, 6.45) is 0. The van der Waals surface area contributed by atoms with Crippen molar-refractivity contribution in [2.24, 2.45) is 4.99 Å². The molecule has 0 saturated heterocycles. The number of thiazole rings is 1. The van der Waals surface area contributed by atoms with Gasteiger partial charge in [-0.1, -0.05) is 29.8 Å². The zero-order valence-corrected chi connectivity index (χ0v) is 17.1. The maximum atomic E-state index is 4.54. The minimum absolute atomic E-state index is 0. The van der Waals surface area contributed by atoms with Gasteiger partial charge in [0.2, 0.25) is 0 Å². The first-order valence-corrected chi connectivity index (χ1v) is 8.08. The molecule has 0 unspecified atom stereocenters. The van der Waals surface area contributed by atoms with Crippen LogP contribution in [0, 0.1) is 6.92 Å². The van der Waals surface area contributed by atoms with E-state index in [1.165, 1.54) is 11.1 Å². The predicted octanol–water partition coefficient (Wildman–Crippen LogP) is 3.00. The highest BCUT2D eigenvalue weighted by atomic mass is 127. The number of nitrogens with one attached hydrogen (secondary N) is 2. The van der Waals surface area contributed by atoms with Crippen LogP contribution < -0.4 is 15.5 Å². The Morgan fingerprint density at radius 1 is 1.17 bits per heavy atom. The summed E-state index contributed by atoms with van der Waals surface area (Å²) in [6.45, 7) is 3.51. The number of aromatic nitrogens is 1. The summed E-state index contributed by atoms with van der Waals surface area (Å²) >= 11 is 1.64. The van der Waals surface area contributed by atoms with Gasteiger partial charge in [-0.2, -0.15) is 0 Å². The van der Waals surface area contributed by atoms with Crippen LogP contribution in [0.1, 0.15) is 16.8 Å². The average molecular weight is 445 g/mol. The molecule has 0 amide bonds. The maximum absolute atomic E-state index is 4.54. The number of guanidine groups is 1. The van der Waals surface area contributed by atoms with E-state index in [1.807, 2.05) is 19.0 Å². The molecule has 2 aromatic rings. The van der Waals surface area contributed by atoms with Gasteiger partial charge in [0.15, 0.2) is 11.1 Å². The van der Waals surface area contributed by atoms with Gasteiger partial charge in [0, 0.05) is 33.1 Å². The van der Waals surface area contributed by atoms with Crippen LogP contribution in [0.3, 0.4) is 0 Å². The molecule has 23 heavy (non-hydrogen) atoms. The van der Waals surface area contributed by atoms with Crippen LogP contribution in [-0.4, -0.2) is 32.1 Å². The van der Waals surface area contributed by atoms with Gasteiger partial charge in [-0.25, -0.2) is 4.98 Å². The average Bonchev–Trinajstić information content (AvgIpc) is 2.98. The molecule has 7 heteroatoms. The Bertz CT molecular complexity index is 622. The molecule has 5 nitrogen and oxygen atoms in total. The van der Waals surface area contributed by atoms with Crippen molar-refractivity contribution >= 4 is 46.4 Å². The van der Waals surface area contributed by atoms with Crippen LogP contribution in [0.5, 0.6) is 0 Å². The number of aliphatic imine (C=N–C) groups is 1. The molecule has 1 aromatic heterocycles. The van der Waals surface area contributed by atoms with E-state index in [-0.39, 0.29) is 24.0 Å². The minimum Gasteiger partial charge on any atom is -0.354 e. The third-order valence-electron chi connectivity index (χ3n) is 3.16. The van der Waals surface area contributed by atoms with E-state index < -0.39 is 0 Å². The van der Waals surface area contributed by atoms with E-state index in [4.69, 9.17) is 0 Å². The van der Waals surface area contributed by atoms with Gasteiger partial charge in [0.1, 0.15) is 0 Å². The van der Waals surface area contributed by atoms with Crippen LogP contribution >= 0.6 is 35.3 Å². The number of aryl methyl sites for hydroxylation is 1. The Morgan fingerprint density at radius 2 is 1.83 bits per heavy atom. The number of hydrogen-bond donors (Lipinski definition) is 2. The topological polar surface area (TPSA) is 52.6 Å². The van der Waals surface area contributed by atoms with Gasteiger partial charge in [-0.3, -0.25) is 4.99 Å². The van der Waals surface area contributed by atoms with Crippen molar-refractivity contribution in [3.8, 4) is 0 Å². The second-order valence-electron chi connectivity index (χ2n) is 5.28. The monoisotopic (exact) mass is 445 g/mol. The molecule has 1 heterocycles. The summed E-state index contributed by atoms with van der Waals surface area (Å²) in [4.78, 5) is 10.8. The highest BCUT2D eigenvalue weighted by Gasteiger charge is 2.04. The fourth-order valence-corrected chi connectivity index (χ4v) is 2.63. The number of hydrogen-bond acceptors (Lipinski definition) is 4. The molecule has 2 N–H and O–H groups in total. The van der Waals surface area contributed by atoms with Crippen LogP contribution in [0.25, 0.3) is 0 Å². The summed E-state index contributed by atoms with van der Waals surface area (Å²) in [5.41, 5.74) is 3.52. The first-order chi connectivity index (χ1) is 10.6. The molecule has 126 valence electrons. The molecule has 0 fully saturated rings. The third-order valence-corrected chi connectivity index (χ3v) is 4.22. The first-order valence-electron chi connectivity index (χ1n) is 7.20. The fourth-order valence-electron chi connectivity index (χ4n) is 1.87. The standard InChI is InChI=1S/C16H23N5S.HI/c1-12-5-7-13(8-6-12)9-18-15(17-2)19-10-14-11-22-16(20-14)21(3)4;/h5-8,11H,9-10H2,1-4H3,(H2,17,18,19);1H.